The number of hydrogen-bond acceptors (Lipinski definition) is 5. The molecule has 3 aromatic heterocycles. The predicted molar refractivity (Wildman–Crippen MR) is 89.2 cm³/mol. The third-order valence-electron chi connectivity index (χ3n) is 4.34. The van der Waals surface area contributed by atoms with E-state index in [2.05, 4.69) is 39.6 Å². The second kappa shape index (κ2) is 5.44. The fourth-order valence-electron chi connectivity index (χ4n) is 3.23. The monoisotopic (exact) mass is 313 g/mol. The van der Waals surface area contributed by atoms with Gasteiger partial charge in [-0.25, -0.2) is 9.97 Å². The van der Waals surface area contributed by atoms with Crippen molar-refractivity contribution in [3.8, 4) is 10.4 Å². The maximum Gasteiger partial charge on any atom is 0.116 e. The van der Waals surface area contributed by atoms with Crippen LogP contribution in [0.2, 0.25) is 0 Å². The lowest BCUT2D eigenvalue weighted by molar-refractivity contribution is 0.455. The van der Waals surface area contributed by atoms with Gasteiger partial charge in [-0.1, -0.05) is 0 Å². The predicted octanol–water partition coefficient (Wildman–Crippen LogP) is 2.87. The average molecular weight is 313 g/mol. The Morgan fingerprint density at radius 2 is 2.09 bits per heavy atom. The molecule has 5 nitrogen and oxygen atoms in total. The van der Waals surface area contributed by atoms with Crippen LogP contribution < -0.4 is 5.32 Å². The van der Waals surface area contributed by atoms with Crippen LogP contribution in [0, 0.1) is 6.92 Å². The smallest absolute Gasteiger partial charge is 0.116 e. The van der Waals surface area contributed by atoms with Crippen molar-refractivity contribution in [3.63, 3.8) is 0 Å². The summed E-state index contributed by atoms with van der Waals surface area (Å²) in [7, 11) is 1.96. The number of aryl methyl sites for hydroxylation is 2. The van der Waals surface area contributed by atoms with Gasteiger partial charge in [-0.05, 0) is 38.9 Å². The van der Waals surface area contributed by atoms with Gasteiger partial charge in [0, 0.05) is 29.6 Å². The quantitative estimate of drug-likeness (QED) is 0.790. The zero-order valence-electron chi connectivity index (χ0n) is 12.8. The Hall–Kier alpha value is -1.79. The molecular formula is C16H19N5S. The maximum atomic E-state index is 4.62. The topological polar surface area (TPSA) is 55.6 Å². The van der Waals surface area contributed by atoms with E-state index >= 15 is 0 Å². The Labute approximate surface area is 133 Å². The SMILES string of the molecule is Cc1nn(C)cc1-c1cc2ncnc(C3CCNCC3)c2s1. The Kier molecular flexibility index (Phi) is 3.43. The Morgan fingerprint density at radius 3 is 2.82 bits per heavy atom. The number of piperidine rings is 1. The molecule has 6 heteroatoms. The van der Waals surface area contributed by atoms with Crippen LogP contribution in [-0.2, 0) is 7.05 Å². The molecule has 22 heavy (non-hydrogen) atoms. The van der Waals surface area contributed by atoms with Gasteiger partial charge >= 0.3 is 0 Å². The van der Waals surface area contributed by atoms with E-state index in [0.29, 0.717) is 5.92 Å². The molecule has 4 heterocycles. The minimum Gasteiger partial charge on any atom is -0.317 e. The molecule has 0 radical (unpaired) electrons. The van der Waals surface area contributed by atoms with Crippen molar-refractivity contribution >= 4 is 21.6 Å². The fraction of sp³-hybridized carbons (Fsp3) is 0.438. The molecular weight excluding hydrogens is 294 g/mol. The molecule has 4 rings (SSSR count). The summed E-state index contributed by atoms with van der Waals surface area (Å²) in [5, 5.41) is 7.87. The second-order valence-electron chi connectivity index (χ2n) is 5.91. The van der Waals surface area contributed by atoms with E-state index in [4.69, 9.17) is 0 Å². The van der Waals surface area contributed by atoms with Crippen molar-refractivity contribution in [3.05, 3.63) is 30.0 Å². The third-order valence-corrected chi connectivity index (χ3v) is 5.52. The lowest BCUT2D eigenvalue weighted by atomic mass is 9.94. The Balaban J connectivity index is 1.82. The molecule has 1 N–H and O–H groups in total. The Morgan fingerprint density at radius 1 is 1.27 bits per heavy atom. The minimum atomic E-state index is 0.549. The number of rotatable bonds is 2. The molecule has 1 saturated heterocycles. The molecule has 114 valence electrons. The van der Waals surface area contributed by atoms with Crippen LogP contribution in [-0.4, -0.2) is 32.8 Å². The molecule has 1 aliphatic heterocycles. The van der Waals surface area contributed by atoms with Crippen molar-refractivity contribution in [2.45, 2.75) is 25.7 Å². The van der Waals surface area contributed by atoms with Crippen molar-refractivity contribution in [1.82, 2.24) is 25.1 Å². The van der Waals surface area contributed by atoms with Gasteiger partial charge in [-0.2, -0.15) is 5.10 Å². The zero-order chi connectivity index (χ0) is 15.1. The highest BCUT2D eigenvalue weighted by Gasteiger charge is 2.21. The standard InChI is InChI=1S/C16H19N5S/c1-10-12(8-21(2)20-10)14-7-13-16(22-14)15(19-9-18-13)11-3-5-17-6-4-11/h7-9,11,17H,3-6H2,1-2H3. The number of aromatic nitrogens is 4. The van der Waals surface area contributed by atoms with Crippen LogP contribution in [0.5, 0.6) is 0 Å². The van der Waals surface area contributed by atoms with Gasteiger partial charge in [0.05, 0.1) is 21.6 Å². The first-order valence-corrected chi connectivity index (χ1v) is 8.50. The van der Waals surface area contributed by atoms with Crippen LogP contribution in [0.4, 0.5) is 0 Å². The number of nitrogens with one attached hydrogen (secondary N) is 1. The molecule has 0 amide bonds. The lowest BCUT2D eigenvalue weighted by Gasteiger charge is -2.22. The van der Waals surface area contributed by atoms with Gasteiger partial charge in [0.25, 0.3) is 0 Å². The summed E-state index contributed by atoms with van der Waals surface area (Å²) in [6.07, 6.45) is 6.11. The average Bonchev–Trinajstić information content (AvgIpc) is 3.10. The van der Waals surface area contributed by atoms with Crippen LogP contribution in [0.3, 0.4) is 0 Å². The lowest BCUT2D eigenvalue weighted by Crippen LogP contribution is -2.27. The largest absolute Gasteiger partial charge is 0.317 e. The first kappa shape index (κ1) is 13.8. The number of nitrogens with zero attached hydrogens (tertiary/aromatic N) is 4. The maximum absolute atomic E-state index is 4.62. The Bertz CT molecular complexity index is 813. The molecule has 1 aliphatic rings. The van der Waals surface area contributed by atoms with Crippen LogP contribution >= 0.6 is 11.3 Å². The molecule has 0 atom stereocenters. The van der Waals surface area contributed by atoms with Gasteiger partial charge in [0.15, 0.2) is 0 Å². The first-order chi connectivity index (χ1) is 10.7. The van der Waals surface area contributed by atoms with E-state index < -0.39 is 0 Å². The fourth-order valence-corrected chi connectivity index (χ4v) is 4.47. The minimum absolute atomic E-state index is 0.549. The third kappa shape index (κ3) is 2.32. The van der Waals surface area contributed by atoms with Crippen LogP contribution in [0.1, 0.15) is 30.1 Å². The molecule has 0 aliphatic carbocycles. The second-order valence-corrected chi connectivity index (χ2v) is 6.96. The van der Waals surface area contributed by atoms with E-state index in [1.807, 2.05) is 11.7 Å². The van der Waals surface area contributed by atoms with Crippen LogP contribution in [0.15, 0.2) is 18.6 Å². The van der Waals surface area contributed by atoms with Gasteiger partial charge in [0.2, 0.25) is 0 Å². The highest BCUT2D eigenvalue weighted by Crippen LogP contribution is 2.38. The number of fused-ring (bicyclic) bond motifs is 1. The molecule has 1 fully saturated rings. The van der Waals surface area contributed by atoms with Gasteiger partial charge in [-0.15, -0.1) is 11.3 Å². The van der Waals surface area contributed by atoms with Gasteiger partial charge < -0.3 is 5.32 Å². The van der Waals surface area contributed by atoms with Crippen molar-refractivity contribution in [1.29, 1.82) is 0 Å². The summed E-state index contributed by atoms with van der Waals surface area (Å²) in [4.78, 5) is 10.3. The summed E-state index contributed by atoms with van der Waals surface area (Å²) in [6.45, 7) is 4.21. The summed E-state index contributed by atoms with van der Waals surface area (Å²) in [5.74, 6) is 0.549. The summed E-state index contributed by atoms with van der Waals surface area (Å²) in [6, 6.07) is 2.18. The number of hydrogen-bond donors (Lipinski definition) is 1. The van der Waals surface area contributed by atoms with E-state index in [0.717, 1.165) is 37.1 Å². The van der Waals surface area contributed by atoms with E-state index in [-0.39, 0.29) is 0 Å². The zero-order valence-corrected chi connectivity index (χ0v) is 13.7. The number of thiophene rings is 1. The molecule has 0 saturated carbocycles. The molecule has 3 aromatic rings. The molecule has 0 bridgehead atoms. The normalized spacial score (nSPS) is 16.5. The van der Waals surface area contributed by atoms with Crippen molar-refractivity contribution < 1.29 is 0 Å². The van der Waals surface area contributed by atoms with Crippen LogP contribution in [0.25, 0.3) is 20.7 Å². The summed E-state index contributed by atoms with van der Waals surface area (Å²) < 4.78 is 3.11. The van der Waals surface area contributed by atoms with Gasteiger partial charge in [0.1, 0.15) is 6.33 Å². The summed E-state index contributed by atoms with van der Waals surface area (Å²) >= 11 is 1.80. The highest BCUT2D eigenvalue weighted by molar-refractivity contribution is 7.22. The highest BCUT2D eigenvalue weighted by atomic mass is 32.1. The first-order valence-electron chi connectivity index (χ1n) is 7.68. The van der Waals surface area contributed by atoms with Gasteiger partial charge in [-0.3, -0.25) is 4.68 Å². The molecule has 0 spiro atoms. The summed E-state index contributed by atoms with van der Waals surface area (Å²) in [5.41, 5.74) is 4.54. The molecule has 0 aromatic carbocycles. The van der Waals surface area contributed by atoms with Crippen molar-refractivity contribution in [2.75, 3.05) is 13.1 Å². The van der Waals surface area contributed by atoms with E-state index in [9.17, 15) is 0 Å². The van der Waals surface area contributed by atoms with E-state index in [1.54, 1.807) is 17.7 Å². The molecule has 0 unspecified atom stereocenters. The van der Waals surface area contributed by atoms with E-state index in [1.165, 1.54) is 20.8 Å². The van der Waals surface area contributed by atoms with Crippen molar-refractivity contribution in [2.24, 2.45) is 7.05 Å².